The predicted molar refractivity (Wildman–Crippen MR) is 46.2 cm³/mol. The molecule has 1 aliphatic rings. The van der Waals surface area contributed by atoms with E-state index in [0.717, 1.165) is 22.1 Å². The highest BCUT2D eigenvalue weighted by Gasteiger charge is 2.02. The van der Waals surface area contributed by atoms with Crippen LogP contribution in [0.3, 0.4) is 0 Å². The molecular weight excluding hydrogens is 167 g/mol. The third-order valence-corrected chi connectivity index (χ3v) is 2.29. The van der Waals surface area contributed by atoms with Gasteiger partial charge in [-0.05, 0) is 18.6 Å². The van der Waals surface area contributed by atoms with Gasteiger partial charge in [0.15, 0.2) is 0 Å². The van der Waals surface area contributed by atoms with E-state index in [1.807, 2.05) is 25.2 Å². The van der Waals surface area contributed by atoms with Crippen molar-refractivity contribution in [3.05, 3.63) is 33.9 Å². The summed E-state index contributed by atoms with van der Waals surface area (Å²) < 4.78 is 0. The average Bonchev–Trinajstić information content (AvgIpc) is 2.04. The highest BCUT2D eigenvalue weighted by Crippen LogP contribution is 2.25. The van der Waals surface area contributed by atoms with Crippen LogP contribution in [-0.2, 0) is 0 Å². The molecule has 0 amide bonds. The minimum atomic E-state index is 0.735. The Kier molecular flexibility index (Phi) is 2.58. The fourth-order valence-electron chi connectivity index (χ4n) is 0.732. The van der Waals surface area contributed by atoms with E-state index >= 15 is 0 Å². The minimum absolute atomic E-state index is 0.735. The van der Waals surface area contributed by atoms with E-state index in [1.54, 1.807) is 0 Å². The molecule has 0 N–H and O–H groups in total. The summed E-state index contributed by atoms with van der Waals surface area (Å²) in [5.41, 5.74) is 0.980. The molecule has 1 rings (SSSR count). The highest BCUT2D eigenvalue weighted by atomic mass is 35.5. The standard InChI is InChI=1S/C8H8Cl2/c1-6-7(9)4-2-3-5-8(6)10/h2-4H,5H2,1H3. The van der Waals surface area contributed by atoms with Gasteiger partial charge in [-0.3, -0.25) is 0 Å². The largest absolute Gasteiger partial charge is 0.0885 e. The van der Waals surface area contributed by atoms with Crippen LogP contribution in [0.5, 0.6) is 0 Å². The smallest absolute Gasteiger partial charge is 0.0446 e. The zero-order valence-electron chi connectivity index (χ0n) is 5.70. The third kappa shape index (κ3) is 1.65. The van der Waals surface area contributed by atoms with Crippen molar-refractivity contribution in [2.24, 2.45) is 0 Å². The molecular formula is C8H8Cl2. The van der Waals surface area contributed by atoms with Gasteiger partial charge in [-0.15, -0.1) is 0 Å². The summed E-state index contributed by atoms with van der Waals surface area (Å²) >= 11 is 11.7. The average molecular weight is 175 g/mol. The van der Waals surface area contributed by atoms with Crippen molar-refractivity contribution in [1.82, 2.24) is 0 Å². The lowest BCUT2D eigenvalue weighted by Crippen LogP contribution is -1.77. The first-order valence-corrected chi connectivity index (χ1v) is 3.85. The van der Waals surface area contributed by atoms with Crippen LogP contribution in [0.1, 0.15) is 13.3 Å². The fraction of sp³-hybridized carbons (Fsp3) is 0.250. The van der Waals surface area contributed by atoms with E-state index in [4.69, 9.17) is 23.2 Å². The Balaban J connectivity index is 3.00. The molecule has 0 heterocycles. The zero-order chi connectivity index (χ0) is 7.56. The quantitative estimate of drug-likeness (QED) is 0.527. The van der Waals surface area contributed by atoms with Crippen LogP contribution in [0.15, 0.2) is 33.9 Å². The van der Waals surface area contributed by atoms with E-state index in [0.29, 0.717) is 0 Å². The molecule has 0 atom stereocenters. The summed E-state index contributed by atoms with van der Waals surface area (Å²) in [7, 11) is 0. The van der Waals surface area contributed by atoms with Crippen molar-refractivity contribution >= 4 is 23.2 Å². The lowest BCUT2D eigenvalue weighted by Gasteiger charge is -1.98. The summed E-state index contributed by atoms with van der Waals surface area (Å²) in [5.74, 6) is 0. The molecule has 0 bridgehead atoms. The minimum Gasteiger partial charge on any atom is -0.0885 e. The van der Waals surface area contributed by atoms with E-state index in [2.05, 4.69) is 0 Å². The first-order chi connectivity index (χ1) is 4.72. The van der Waals surface area contributed by atoms with Crippen LogP contribution >= 0.6 is 23.2 Å². The zero-order valence-corrected chi connectivity index (χ0v) is 7.21. The van der Waals surface area contributed by atoms with E-state index in [1.165, 1.54) is 0 Å². The Morgan fingerprint density at radius 1 is 1.40 bits per heavy atom. The Morgan fingerprint density at radius 2 is 2.10 bits per heavy atom. The maximum absolute atomic E-state index is 5.87. The van der Waals surface area contributed by atoms with Crippen molar-refractivity contribution in [2.75, 3.05) is 0 Å². The molecule has 0 radical (unpaired) electrons. The van der Waals surface area contributed by atoms with Gasteiger partial charge >= 0.3 is 0 Å². The first-order valence-electron chi connectivity index (χ1n) is 3.10. The van der Waals surface area contributed by atoms with Gasteiger partial charge in [-0.25, -0.2) is 0 Å². The van der Waals surface area contributed by atoms with Crippen molar-refractivity contribution in [3.63, 3.8) is 0 Å². The number of hydrogen-bond donors (Lipinski definition) is 0. The van der Waals surface area contributed by atoms with E-state index in [-0.39, 0.29) is 0 Å². The van der Waals surface area contributed by atoms with Gasteiger partial charge in [0.25, 0.3) is 0 Å². The molecule has 0 spiro atoms. The molecule has 0 fully saturated rings. The van der Waals surface area contributed by atoms with E-state index in [9.17, 15) is 0 Å². The number of rotatable bonds is 0. The molecule has 2 heteroatoms. The lowest BCUT2D eigenvalue weighted by atomic mass is 10.2. The summed E-state index contributed by atoms with van der Waals surface area (Å²) in [6.07, 6.45) is 6.55. The van der Waals surface area contributed by atoms with Crippen LogP contribution in [0.4, 0.5) is 0 Å². The van der Waals surface area contributed by atoms with Crippen LogP contribution in [0, 0.1) is 0 Å². The topological polar surface area (TPSA) is 0 Å². The van der Waals surface area contributed by atoms with Gasteiger partial charge in [0.1, 0.15) is 0 Å². The van der Waals surface area contributed by atoms with Gasteiger partial charge in [0.05, 0.1) is 0 Å². The van der Waals surface area contributed by atoms with Crippen LogP contribution in [0.25, 0.3) is 0 Å². The summed E-state index contributed by atoms with van der Waals surface area (Å²) in [6, 6.07) is 0. The summed E-state index contributed by atoms with van der Waals surface area (Å²) in [6.45, 7) is 1.92. The van der Waals surface area contributed by atoms with Gasteiger partial charge in [0.2, 0.25) is 0 Å². The fourth-order valence-corrected chi connectivity index (χ4v) is 1.16. The van der Waals surface area contributed by atoms with Crippen LogP contribution in [-0.4, -0.2) is 0 Å². The Hall–Kier alpha value is -0.200. The molecule has 0 nitrogen and oxygen atoms in total. The maximum atomic E-state index is 5.87. The predicted octanol–water partition coefficient (Wildman–Crippen LogP) is 3.58. The Morgan fingerprint density at radius 3 is 2.80 bits per heavy atom. The molecule has 0 aliphatic heterocycles. The van der Waals surface area contributed by atoms with Crippen LogP contribution < -0.4 is 0 Å². The molecule has 0 aromatic heterocycles. The van der Waals surface area contributed by atoms with E-state index < -0.39 is 0 Å². The molecule has 0 aromatic carbocycles. The van der Waals surface area contributed by atoms with Gasteiger partial charge < -0.3 is 0 Å². The van der Waals surface area contributed by atoms with Gasteiger partial charge in [0, 0.05) is 16.5 Å². The second kappa shape index (κ2) is 3.27. The third-order valence-electron chi connectivity index (χ3n) is 1.44. The molecule has 0 saturated carbocycles. The highest BCUT2D eigenvalue weighted by molar-refractivity contribution is 6.35. The van der Waals surface area contributed by atoms with Crippen molar-refractivity contribution in [3.8, 4) is 0 Å². The first kappa shape index (κ1) is 7.90. The maximum Gasteiger partial charge on any atom is 0.0446 e. The van der Waals surface area contributed by atoms with Crippen LogP contribution in [0.2, 0.25) is 0 Å². The van der Waals surface area contributed by atoms with Crippen molar-refractivity contribution in [1.29, 1.82) is 0 Å². The lowest BCUT2D eigenvalue weighted by molar-refractivity contribution is 1.30. The monoisotopic (exact) mass is 174 g/mol. The molecule has 0 unspecified atom stereocenters. The molecule has 1 aliphatic carbocycles. The SMILES string of the molecule is CC1=C(Cl)CC=CC=C1Cl. The summed E-state index contributed by atoms with van der Waals surface area (Å²) in [5, 5.41) is 1.56. The van der Waals surface area contributed by atoms with Gasteiger partial charge in [-0.2, -0.15) is 0 Å². The Labute approximate surface area is 70.8 Å². The van der Waals surface area contributed by atoms with Crippen molar-refractivity contribution in [2.45, 2.75) is 13.3 Å². The second-order valence-corrected chi connectivity index (χ2v) is 3.04. The number of allylic oxidation sites excluding steroid dienone is 6. The normalized spacial score (nSPS) is 18.9. The second-order valence-electron chi connectivity index (χ2n) is 2.18. The molecule has 0 saturated heterocycles. The van der Waals surface area contributed by atoms with Crippen molar-refractivity contribution < 1.29 is 0 Å². The molecule has 10 heavy (non-hydrogen) atoms. The molecule has 54 valence electrons. The van der Waals surface area contributed by atoms with Gasteiger partial charge in [-0.1, -0.05) is 35.4 Å². The Bertz CT molecular complexity index is 216. The summed E-state index contributed by atoms with van der Waals surface area (Å²) in [4.78, 5) is 0. The number of halogens is 2. The molecule has 0 aromatic rings. The number of hydrogen-bond acceptors (Lipinski definition) is 0.